The predicted octanol–water partition coefficient (Wildman–Crippen LogP) is 2.50. The second-order valence-corrected chi connectivity index (χ2v) is 5.85. The number of aliphatic carboxylic acids is 1. The maximum Gasteiger partial charge on any atom is 0.321 e. The van der Waals surface area contributed by atoms with E-state index in [9.17, 15) is 9.59 Å². The van der Waals surface area contributed by atoms with E-state index in [-0.39, 0.29) is 6.03 Å². The number of hydrogen-bond acceptors (Lipinski definition) is 2. The lowest BCUT2D eigenvalue weighted by molar-refractivity contribution is -0.141. The Bertz CT molecular complexity index is 571. The van der Waals surface area contributed by atoms with Crippen LogP contribution in [0.2, 0.25) is 0 Å². The van der Waals surface area contributed by atoms with Crippen molar-refractivity contribution in [2.45, 2.75) is 32.1 Å². The van der Waals surface area contributed by atoms with Crippen molar-refractivity contribution in [2.24, 2.45) is 5.92 Å². The van der Waals surface area contributed by atoms with E-state index in [1.54, 1.807) is 4.90 Å². The van der Waals surface area contributed by atoms with E-state index in [0.717, 1.165) is 24.9 Å². The van der Waals surface area contributed by atoms with Gasteiger partial charge in [-0.05, 0) is 49.3 Å². The standard InChI is InChI=1S/C16H20N2O3/c19-15(20)12-8-9-18(10-12)16(21)17-14-7-3-5-11-4-1-2-6-13(11)14/h3,5,7,12H,1-2,4,6,8-10H2,(H,17,21)(H,19,20). The van der Waals surface area contributed by atoms with Crippen molar-refractivity contribution in [1.29, 1.82) is 0 Å². The first-order valence-electron chi connectivity index (χ1n) is 7.54. The first-order chi connectivity index (χ1) is 10.1. The number of likely N-dealkylation sites (tertiary alicyclic amines) is 1. The second kappa shape index (κ2) is 5.76. The van der Waals surface area contributed by atoms with Crippen molar-refractivity contribution in [2.75, 3.05) is 18.4 Å². The topological polar surface area (TPSA) is 69.6 Å². The van der Waals surface area contributed by atoms with E-state index in [1.165, 1.54) is 17.5 Å². The van der Waals surface area contributed by atoms with Gasteiger partial charge < -0.3 is 15.3 Å². The lowest BCUT2D eigenvalue weighted by atomic mass is 9.90. The summed E-state index contributed by atoms with van der Waals surface area (Å²) in [6, 6.07) is 5.86. The summed E-state index contributed by atoms with van der Waals surface area (Å²) >= 11 is 0. The third-order valence-corrected chi connectivity index (χ3v) is 4.46. The molecule has 112 valence electrons. The predicted molar refractivity (Wildman–Crippen MR) is 79.4 cm³/mol. The van der Waals surface area contributed by atoms with Gasteiger partial charge in [0.15, 0.2) is 0 Å². The van der Waals surface area contributed by atoms with E-state index in [0.29, 0.717) is 19.5 Å². The first-order valence-corrected chi connectivity index (χ1v) is 7.54. The lowest BCUT2D eigenvalue weighted by Crippen LogP contribution is -2.34. The molecule has 0 spiro atoms. The monoisotopic (exact) mass is 288 g/mol. The molecule has 1 aliphatic heterocycles. The highest BCUT2D eigenvalue weighted by atomic mass is 16.4. The minimum Gasteiger partial charge on any atom is -0.481 e. The molecule has 1 aromatic carbocycles. The van der Waals surface area contributed by atoms with Crippen molar-refractivity contribution in [1.82, 2.24) is 4.90 Å². The maximum atomic E-state index is 12.3. The van der Waals surface area contributed by atoms with Gasteiger partial charge in [0, 0.05) is 18.8 Å². The molecule has 1 fully saturated rings. The van der Waals surface area contributed by atoms with Gasteiger partial charge in [-0.25, -0.2) is 4.79 Å². The number of nitrogens with one attached hydrogen (secondary N) is 1. The van der Waals surface area contributed by atoms with Gasteiger partial charge >= 0.3 is 12.0 Å². The molecule has 1 unspecified atom stereocenters. The molecule has 1 atom stereocenters. The molecule has 0 aromatic heterocycles. The fourth-order valence-corrected chi connectivity index (χ4v) is 3.24. The number of carbonyl (C=O) groups excluding carboxylic acids is 1. The summed E-state index contributed by atoms with van der Waals surface area (Å²) in [5.74, 6) is -1.25. The number of aryl methyl sites for hydroxylation is 1. The van der Waals surface area contributed by atoms with Crippen LogP contribution in [-0.2, 0) is 17.6 Å². The van der Waals surface area contributed by atoms with Crippen molar-refractivity contribution < 1.29 is 14.7 Å². The van der Waals surface area contributed by atoms with Gasteiger partial charge in [-0.3, -0.25) is 4.79 Å². The van der Waals surface area contributed by atoms with Crippen LogP contribution in [0.1, 0.15) is 30.4 Å². The molecule has 0 saturated carbocycles. The highest BCUT2D eigenvalue weighted by Crippen LogP contribution is 2.28. The van der Waals surface area contributed by atoms with Crippen molar-refractivity contribution in [3.8, 4) is 0 Å². The van der Waals surface area contributed by atoms with Crippen molar-refractivity contribution in [3.05, 3.63) is 29.3 Å². The van der Waals surface area contributed by atoms with E-state index in [2.05, 4.69) is 11.4 Å². The summed E-state index contributed by atoms with van der Waals surface area (Å²) < 4.78 is 0. The molecule has 1 aromatic rings. The fraction of sp³-hybridized carbons (Fsp3) is 0.500. The zero-order valence-electron chi connectivity index (χ0n) is 12.0. The van der Waals surface area contributed by atoms with Crippen LogP contribution >= 0.6 is 0 Å². The number of fused-ring (bicyclic) bond motifs is 1. The summed E-state index contributed by atoms with van der Waals surface area (Å²) in [6.45, 7) is 0.814. The van der Waals surface area contributed by atoms with Crippen LogP contribution in [-0.4, -0.2) is 35.1 Å². The Hall–Kier alpha value is -2.04. The Morgan fingerprint density at radius 2 is 2.05 bits per heavy atom. The molecule has 5 heteroatoms. The maximum absolute atomic E-state index is 12.3. The number of amides is 2. The zero-order valence-corrected chi connectivity index (χ0v) is 12.0. The number of carboxylic acids is 1. The Labute approximate surface area is 123 Å². The molecule has 2 amide bonds. The molecular weight excluding hydrogens is 268 g/mol. The van der Waals surface area contributed by atoms with Gasteiger partial charge in [0.1, 0.15) is 0 Å². The largest absolute Gasteiger partial charge is 0.481 e. The average molecular weight is 288 g/mol. The van der Waals surface area contributed by atoms with E-state index in [4.69, 9.17) is 5.11 Å². The molecule has 1 saturated heterocycles. The Morgan fingerprint density at radius 3 is 2.81 bits per heavy atom. The quantitative estimate of drug-likeness (QED) is 0.878. The Morgan fingerprint density at radius 1 is 1.24 bits per heavy atom. The number of nitrogens with zero attached hydrogens (tertiary/aromatic N) is 1. The summed E-state index contributed by atoms with van der Waals surface area (Å²) in [7, 11) is 0. The highest BCUT2D eigenvalue weighted by Gasteiger charge is 2.31. The summed E-state index contributed by atoms with van der Waals surface area (Å²) in [6.07, 6.45) is 4.98. The molecule has 0 radical (unpaired) electrons. The number of benzene rings is 1. The van der Waals surface area contributed by atoms with E-state index >= 15 is 0 Å². The van der Waals surface area contributed by atoms with Crippen LogP contribution in [0, 0.1) is 5.92 Å². The smallest absolute Gasteiger partial charge is 0.321 e. The van der Waals surface area contributed by atoms with Gasteiger partial charge in [-0.2, -0.15) is 0 Å². The minimum atomic E-state index is -0.817. The average Bonchev–Trinajstić information content (AvgIpc) is 2.98. The number of urea groups is 1. The summed E-state index contributed by atoms with van der Waals surface area (Å²) in [5, 5.41) is 12.0. The van der Waals surface area contributed by atoms with Gasteiger partial charge in [0.05, 0.1) is 5.92 Å². The number of carboxylic acid groups (broad SMARTS) is 1. The number of anilines is 1. The number of rotatable bonds is 2. The first kappa shape index (κ1) is 13.9. The van der Waals surface area contributed by atoms with Crippen LogP contribution < -0.4 is 5.32 Å². The van der Waals surface area contributed by atoms with Gasteiger partial charge in [-0.15, -0.1) is 0 Å². The molecule has 0 bridgehead atoms. The third-order valence-electron chi connectivity index (χ3n) is 4.46. The molecule has 5 nitrogen and oxygen atoms in total. The van der Waals surface area contributed by atoms with Crippen molar-refractivity contribution in [3.63, 3.8) is 0 Å². The molecule has 2 N–H and O–H groups in total. The third kappa shape index (κ3) is 2.86. The van der Waals surface area contributed by atoms with Crippen LogP contribution in [0.4, 0.5) is 10.5 Å². The number of carbonyl (C=O) groups is 2. The normalized spacial score (nSPS) is 21.0. The summed E-state index contributed by atoms with van der Waals surface area (Å²) in [4.78, 5) is 24.9. The van der Waals surface area contributed by atoms with E-state index < -0.39 is 11.9 Å². The lowest BCUT2D eigenvalue weighted by Gasteiger charge is -2.22. The highest BCUT2D eigenvalue weighted by molar-refractivity contribution is 5.91. The summed E-state index contributed by atoms with van der Waals surface area (Å²) in [5.41, 5.74) is 3.45. The SMILES string of the molecule is O=C(O)C1CCN(C(=O)Nc2cccc3c2CCCC3)C1. The van der Waals surface area contributed by atoms with Crippen LogP contribution in [0.5, 0.6) is 0 Å². The molecule has 21 heavy (non-hydrogen) atoms. The molecule has 1 aliphatic carbocycles. The molecular formula is C16H20N2O3. The Kier molecular flexibility index (Phi) is 3.82. The zero-order chi connectivity index (χ0) is 14.8. The van der Waals surface area contributed by atoms with Gasteiger partial charge in [-0.1, -0.05) is 12.1 Å². The van der Waals surface area contributed by atoms with E-state index in [1.807, 2.05) is 12.1 Å². The van der Waals surface area contributed by atoms with Gasteiger partial charge in [0.2, 0.25) is 0 Å². The molecule has 3 rings (SSSR count). The molecule has 2 aliphatic rings. The van der Waals surface area contributed by atoms with Crippen LogP contribution in [0.3, 0.4) is 0 Å². The van der Waals surface area contributed by atoms with Crippen molar-refractivity contribution >= 4 is 17.7 Å². The van der Waals surface area contributed by atoms with Gasteiger partial charge in [0.25, 0.3) is 0 Å². The van der Waals surface area contributed by atoms with Crippen LogP contribution in [0.15, 0.2) is 18.2 Å². The Balaban J connectivity index is 1.70. The number of hydrogen-bond donors (Lipinski definition) is 2. The second-order valence-electron chi connectivity index (χ2n) is 5.85. The minimum absolute atomic E-state index is 0.183. The molecule has 1 heterocycles. The fourth-order valence-electron chi connectivity index (χ4n) is 3.24. The van der Waals surface area contributed by atoms with Crippen LogP contribution in [0.25, 0.3) is 0 Å².